The maximum Gasteiger partial charge on any atom is 0.321 e. The molecule has 0 heterocycles. The number of hydrogen-bond acceptors (Lipinski definition) is 4. The molecule has 0 radical (unpaired) electrons. The van der Waals surface area contributed by atoms with E-state index in [2.05, 4.69) is 17.6 Å². The Balaban J connectivity index is 2.50. The van der Waals surface area contributed by atoms with Crippen LogP contribution in [0.4, 0.5) is 5.69 Å². The van der Waals surface area contributed by atoms with E-state index in [1.165, 1.54) is 5.56 Å². The lowest BCUT2D eigenvalue weighted by Crippen LogP contribution is -2.40. The lowest BCUT2D eigenvalue weighted by molar-refractivity contribution is -0.141. The summed E-state index contributed by atoms with van der Waals surface area (Å²) in [5.41, 5.74) is 7.20. The SMILES string of the molecule is CCc1ccc(NC(=O)C[C@H](NCCCN)C(=O)O)cc1. The summed E-state index contributed by atoms with van der Waals surface area (Å²) < 4.78 is 0. The van der Waals surface area contributed by atoms with Crippen molar-refractivity contribution in [2.24, 2.45) is 5.73 Å². The monoisotopic (exact) mass is 293 g/mol. The van der Waals surface area contributed by atoms with E-state index in [4.69, 9.17) is 10.8 Å². The highest BCUT2D eigenvalue weighted by Gasteiger charge is 2.20. The highest BCUT2D eigenvalue weighted by Crippen LogP contribution is 2.10. The molecule has 1 rings (SSSR count). The van der Waals surface area contributed by atoms with Crippen molar-refractivity contribution in [3.8, 4) is 0 Å². The standard InChI is InChI=1S/C15H23N3O3/c1-2-11-4-6-12(7-5-11)18-14(19)10-13(15(20)21)17-9-3-8-16/h4-7,13,17H,2-3,8-10,16H2,1H3,(H,18,19)(H,20,21)/t13-/m0/s1. The average Bonchev–Trinajstić information content (AvgIpc) is 2.47. The minimum Gasteiger partial charge on any atom is -0.480 e. The zero-order valence-electron chi connectivity index (χ0n) is 12.3. The minimum atomic E-state index is -1.04. The lowest BCUT2D eigenvalue weighted by atomic mass is 10.1. The van der Waals surface area contributed by atoms with Crippen LogP contribution in [0.5, 0.6) is 0 Å². The number of aliphatic carboxylic acids is 1. The predicted octanol–water partition coefficient (Wildman–Crippen LogP) is 0.969. The molecule has 6 heteroatoms. The molecule has 0 aliphatic rings. The van der Waals surface area contributed by atoms with E-state index >= 15 is 0 Å². The van der Waals surface area contributed by atoms with Gasteiger partial charge in [0.2, 0.25) is 5.91 Å². The molecule has 0 saturated carbocycles. The third kappa shape index (κ3) is 6.37. The van der Waals surface area contributed by atoms with Gasteiger partial charge in [-0.15, -0.1) is 0 Å². The molecule has 21 heavy (non-hydrogen) atoms. The van der Waals surface area contributed by atoms with Crippen LogP contribution in [0.1, 0.15) is 25.3 Å². The Labute approximate surface area is 124 Å². The molecular weight excluding hydrogens is 270 g/mol. The number of carbonyl (C=O) groups excluding carboxylic acids is 1. The van der Waals surface area contributed by atoms with Crippen LogP contribution in [-0.2, 0) is 16.0 Å². The summed E-state index contributed by atoms with van der Waals surface area (Å²) in [6.45, 7) is 3.01. The molecule has 0 spiro atoms. The van der Waals surface area contributed by atoms with Gasteiger partial charge in [-0.25, -0.2) is 0 Å². The van der Waals surface area contributed by atoms with Crippen LogP contribution in [-0.4, -0.2) is 36.1 Å². The van der Waals surface area contributed by atoms with Gasteiger partial charge in [0, 0.05) is 5.69 Å². The molecule has 0 fully saturated rings. The van der Waals surface area contributed by atoms with E-state index in [1.807, 2.05) is 24.3 Å². The molecule has 1 aromatic carbocycles. The van der Waals surface area contributed by atoms with Gasteiger partial charge < -0.3 is 21.5 Å². The van der Waals surface area contributed by atoms with Crippen LogP contribution in [0.3, 0.4) is 0 Å². The first-order chi connectivity index (χ1) is 10.1. The fourth-order valence-corrected chi connectivity index (χ4v) is 1.85. The van der Waals surface area contributed by atoms with Gasteiger partial charge in [0.1, 0.15) is 6.04 Å². The minimum absolute atomic E-state index is 0.116. The van der Waals surface area contributed by atoms with E-state index < -0.39 is 12.0 Å². The largest absolute Gasteiger partial charge is 0.480 e. The summed E-state index contributed by atoms with van der Waals surface area (Å²) in [7, 11) is 0. The molecular formula is C15H23N3O3. The Hall–Kier alpha value is -1.92. The summed E-state index contributed by atoms with van der Waals surface area (Å²) in [6, 6.07) is 6.60. The van der Waals surface area contributed by atoms with Crippen molar-refractivity contribution in [1.82, 2.24) is 5.32 Å². The van der Waals surface area contributed by atoms with Gasteiger partial charge in [-0.3, -0.25) is 9.59 Å². The van der Waals surface area contributed by atoms with Gasteiger partial charge in [-0.05, 0) is 43.6 Å². The number of nitrogens with two attached hydrogens (primary N) is 1. The molecule has 1 atom stereocenters. The Morgan fingerprint density at radius 3 is 2.48 bits per heavy atom. The summed E-state index contributed by atoms with van der Waals surface area (Å²) in [6.07, 6.45) is 1.49. The van der Waals surface area contributed by atoms with Crippen LogP contribution in [0.15, 0.2) is 24.3 Å². The number of aryl methyl sites for hydroxylation is 1. The second kappa shape index (κ2) is 9.10. The fraction of sp³-hybridized carbons (Fsp3) is 0.467. The van der Waals surface area contributed by atoms with E-state index in [9.17, 15) is 9.59 Å². The average molecular weight is 293 g/mol. The topological polar surface area (TPSA) is 104 Å². The van der Waals surface area contributed by atoms with Gasteiger partial charge >= 0.3 is 5.97 Å². The molecule has 0 unspecified atom stereocenters. The van der Waals surface area contributed by atoms with Crippen LogP contribution >= 0.6 is 0 Å². The van der Waals surface area contributed by atoms with Gasteiger partial charge in [0.05, 0.1) is 6.42 Å². The van der Waals surface area contributed by atoms with Crippen molar-refractivity contribution in [3.05, 3.63) is 29.8 Å². The highest BCUT2D eigenvalue weighted by atomic mass is 16.4. The normalized spacial score (nSPS) is 11.9. The Bertz CT molecular complexity index is 460. The molecule has 116 valence electrons. The number of carboxylic acid groups (broad SMARTS) is 1. The molecule has 6 nitrogen and oxygen atoms in total. The van der Waals surface area contributed by atoms with Crippen molar-refractivity contribution >= 4 is 17.6 Å². The number of benzene rings is 1. The van der Waals surface area contributed by atoms with Crippen molar-refractivity contribution in [2.45, 2.75) is 32.2 Å². The second-order valence-corrected chi connectivity index (χ2v) is 4.79. The first kappa shape index (κ1) is 17.1. The number of carboxylic acids is 1. The van der Waals surface area contributed by atoms with Crippen LogP contribution in [0, 0.1) is 0 Å². The van der Waals surface area contributed by atoms with Gasteiger partial charge in [0.15, 0.2) is 0 Å². The number of hydrogen-bond donors (Lipinski definition) is 4. The van der Waals surface area contributed by atoms with Gasteiger partial charge in [0.25, 0.3) is 0 Å². The third-order valence-corrected chi connectivity index (χ3v) is 3.11. The molecule has 0 aliphatic carbocycles. The number of anilines is 1. The second-order valence-electron chi connectivity index (χ2n) is 4.79. The Kier molecular flexibility index (Phi) is 7.42. The fourth-order valence-electron chi connectivity index (χ4n) is 1.85. The van der Waals surface area contributed by atoms with E-state index in [0.29, 0.717) is 25.2 Å². The summed E-state index contributed by atoms with van der Waals surface area (Å²) in [5, 5.41) is 14.6. The summed E-state index contributed by atoms with van der Waals surface area (Å²) in [4.78, 5) is 23.0. The maximum atomic E-state index is 11.9. The van der Waals surface area contributed by atoms with Crippen molar-refractivity contribution < 1.29 is 14.7 Å². The number of amides is 1. The van der Waals surface area contributed by atoms with Gasteiger partial charge in [-0.2, -0.15) is 0 Å². The van der Waals surface area contributed by atoms with E-state index in [0.717, 1.165) is 6.42 Å². The van der Waals surface area contributed by atoms with E-state index in [1.54, 1.807) is 0 Å². The van der Waals surface area contributed by atoms with Crippen LogP contribution in [0.25, 0.3) is 0 Å². The molecule has 1 aromatic rings. The number of carbonyl (C=O) groups is 2. The van der Waals surface area contributed by atoms with Gasteiger partial charge in [-0.1, -0.05) is 19.1 Å². The van der Waals surface area contributed by atoms with Crippen molar-refractivity contribution in [1.29, 1.82) is 0 Å². The third-order valence-electron chi connectivity index (χ3n) is 3.11. The molecule has 0 bridgehead atoms. The van der Waals surface area contributed by atoms with Crippen LogP contribution < -0.4 is 16.4 Å². The quantitative estimate of drug-likeness (QED) is 0.508. The molecule has 5 N–H and O–H groups in total. The van der Waals surface area contributed by atoms with Crippen LogP contribution in [0.2, 0.25) is 0 Å². The number of nitrogens with one attached hydrogen (secondary N) is 2. The Morgan fingerprint density at radius 2 is 1.95 bits per heavy atom. The highest BCUT2D eigenvalue weighted by molar-refractivity contribution is 5.94. The lowest BCUT2D eigenvalue weighted by Gasteiger charge is -2.14. The summed E-state index contributed by atoms with van der Waals surface area (Å²) >= 11 is 0. The van der Waals surface area contributed by atoms with Crippen molar-refractivity contribution in [3.63, 3.8) is 0 Å². The first-order valence-corrected chi connectivity index (χ1v) is 7.11. The Morgan fingerprint density at radius 1 is 1.29 bits per heavy atom. The predicted molar refractivity (Wildman–Crippen MR) is 82.2 cm³/mol. The van der Waals surface area contributed by atoms with E-state index in [-0.39, 0.29) is 12.3 Å². The number of rotatable bonds is 9. The first-order valence-electron chi connectivity index (χ1n) is 7.11. The smallest absolute Gasteiger partial charge is 0.321 e. The summed E-state index contributed by atoms with van der Waals surface area (Å²) in [5.74, 6) is -1.37. The maximum absolute atomic E-state index is 11.9. The zero-order chi connectivity index (χ0) is 15.7. The zero-order valence-corrected chi connectivity index (χ0v) is 12.3. The molecule has 0 aliphatic heterocycles. The molecule has 1 amide bonds. The molecule has 0 saturated heterocycles. The van der Waals surface area contributed by atoms with Crippen molar-refractivity contribution in [2.75, 3.05) is 18.4 Å². The molecule has 0 aromatic heterocycles.